The van der Waals surface area contributed by atoms with Crippen LogP contribution in [0.4, 0.5) is 5.69 Å². The molecule has 1 aliphatic carbocycles. The van der Waals surface area contributed by atoms with E-state index in [0.717, 1.165) is 12.1 Å². The summed E-state index contributed by atoms with van der Waals surface area (Å²) in [5, 5.41) is 3.36. The molecule has 0 heterocycles. The van der Waals surface area contributed by atoms with Gasteiger partial charge in [-0.2, -0.15) is 0 Å². The molecule has 1 aromatic rings. The topological polar surface area (TPSA) is 62.4 Å². The van der Waals surface area contributed by atoms with E-state index in [1.54, 1.807) is 0 Å². The lowest BCUT2D eigenvalue weighted by Crippen LogP contribution is -2.37. The Morgan fingerprint density at radius 3 is 2.74 bits per heavy atom. The highest BCUT2D eigenvalue weighted by molar-refractivity contribution is 5.94. The molecule has 1 aliphatic rings. The molecule has 0 bridgehead atoms. The van der Waals surface area contributed by atoms with Gasteiger partial charge in [-0.25, -0.2) is 10.8 Å². The highest BCUT2D eigenvalue weighted by Crippen LogP contribution is 2.23. The lowest BCUT2D eigenvalue weighted by Gasteiger charge is -2.16. The van der Waals surface area contributed by atoms with Crippen molar-refractivity contribution < 1.29 is 0 Å². The zero-order valence-corrected chi connectivity index (χ0v) is 11.9. The Balaban J connectivity index is 2.18. The van der Waals surface area contributed by atoms with E-state index in [4.69, 9.17) is 5.84 Å². The standard InChI is InChI=1S/C15H24N4/c1-3-12-8-6-7-11(2)14(12)18-15(19-16)17-13-9-4-5-10-13/h6-8,13H,3-5,9-10,16H2,1-2H3,(H2,17,18,19). The average Bonchev–Trinajstić information content (AvgIpc) is 2.92. The second-order valence-corrected chi connectivity index (χ2v) is 5.15. The molecule has 0 saturated heterocycles. The number of benzene rings is 1. The Kier molecular flexibility index (Phi) is 4.80. The number of nitrogens with two attached hydrogens (primary N) is 1. The molecule has 0 radical (unpaired) electrons. The fourth-order valence-corrected chi connectivity index (χ4v) is 2.64. The first-order valence-electron chi connectivity index (χ1n) is 7.14. The molecule has 1 aromatic carbocycles. The van der Waals surface area contributed by atoms with Crippen LogP contribution < -0.4 is 16.6 Å². The van der Waals surface area contributed by atoms with Gasteiger partial charge in [-0.05, 0) is 37.3 Å². The molecule has 0 spiro atoms. The predicted molar refractivity (Wildman–Crippen MR) is 81.2 cm³/mol. The number of aliphatic imine (C=N–C) groups is 1. The van der Waals surface area contributed by atoms with E-state index in [1.165, 1.54) is 36.8 Å². The predicted octanol–water partition coefficient (Wildman–Crippen LogP) is 2.73. The Morgan fingerprint density at radius 1 is 1.37 bits per heavy atom. The number of hydrazine groups is 1. The number of rotatable bonds is 3. The van der Waals surface area contributed by atoms with Crippen molar-refractivity contribution in [3.63, 3.8) is 0 Å². The third-order valence-corrected chi connectivity index (χ3v) is 3.76. The highest BCUT2D eigenvalue weighted by atomic mass is 15.3. The van der Waals surface area contributed by atoms with E-state index in [0.29, 0.717) is 12.0 Å². The summed E-state index contributed by atoms with van der Waals surface area (Å²) in [7, 11) is 0. The van der Waals surface area contributed by atoms with Crippen molar-refractivity contribution >= 4 is 11.6 Å². The number of nitrogens with one attached hydrogen (secondary N) is 2. The summed E-state index contributed by atoms with van der Waals surface area (Å²) in [5.74, 6) is 6.27. The van der Waals surface area contributed by atoms with Crippen molar-refractivity contribution in [2.24, 2.45) is 10.8 Å². The highest BCUT2D eigenvalue weighted by Gasteiger charge is 2.15. The van der Waals surface area contributed by atoms with Crippen molar-refractivity contribution in [1.82, 2.24) is 5.43 Å². The lowest BCUT2D eigenvalue weighted by atomic mass is 10.1. The van der Waals surface area contributed by atoms with Gasteiger partial charge >= 0.3 is 0 Å². The Hall–Kier alpha value is -1.55. The number of hydrogen-bond acceptors (Lipinski definition) is 2. The molecular formula is C15H24N4. The first-order valence-corrected chi connectivity index (χ1v) is 7.14. The maximum absolute atomic E-state index is 5.60. The fourth-order valence-electron chi connectivity index (χ4n) is 2.64. The number of anilines is 1. The van der Waals surface area contributed by atoms with Gasteiger partial charge in [-0.3, -0.25) is 5.43 Å². The minimum absolute atomic E-state index is 0.410. The van der Waals surface area contributed by atoms with Crippen LogP contribution in [0.1, 0.15) is 43.7 Å². The number of hydrogen-bond donors (Lipinski definition) is 3. The number of aryl methyl sites for hydroxylation is 2. The molecule has 0 atom stereocenters. The second-order valence-electron chi connectivity index (χ2n) is 5.15. The Bertz CT molecular complexity index is 447. The van der Waals surface area contributed by atoms with Crippen LogP contribution in [-0.4, -0.2) is 12.0 Å². The Labute approximate surface area is 115 Å². The summed E-state index contributed by atoms with van der Waals surface area (Å²) in [6, 6.07) is 6.74. The third-order valence-electron chi connectivity index (χ3n) is 3.76. The van der Waals surface area contributed by atoms with E-state index in [2.05, 4.69) is 47.8 Å². The van der Waals surface area contributed by atoms with E-state index in [1.807, 2.05) is 0 Å². The first kappa shape index (κ1) is 13.9. The normalized spacial score (nSPS) is 16.7. The molecular weight excluding hydrogens is 236 g/mol. The first-order chi connectivity index (χ1) is 9.24. The van der Waals surface area contributed by atoms with Crippen LogP contribution in [0.25, 0.3) is 0 Å². The molecule has 1 fully saturated rings. The van der Waals surface area contributed by atoms with Crippen LogP contribution in [0.15, 0.2) is 23.2 Å². The zero-order chi connectivity index (χ0) is 13.7. The quantitative estimate of drug-likeness (QED) is 0.339. The minimum atomic E-state index is 0.410. The molecule has 0 unspecified atom stereocenters. The average molecular weight is 260 g/mol. The van der Waals surface area contributed by atoms with Gasteiger partial charge in [-0.1, -0.05) is 38.0 Å². The number of nitrogens with zero attached hydrogens (tertiary/aromatic N) is 1. The van der Waals surface area contributed by atoms with Crippen LogP contribution in [0.2, 0.25) is 0 Å². The van der Waals surface area contributed by atoms with Crippen LogP contribution >= 0.6 is 0 Å². The minimum Gasteiger partial charge on any atom is -0.325 e. The van der Waals surface area contributed by atoms with Crippen LogP contribution in [0.3, 0.4) is 0 Å². The third kappa shape index (κ3) is 3.47. The van der Waals surface area contributed by atoms with Crippen LogP contribution in [-0.2, 0) is 6.42 Å². The molecule has 4 nitrogen and oxygen atoms in total. The number of guanidine groups is 1. The van der Waals surface area contributed by atoms with Gasteiger partial charge in [-0.15, -0.1) is 0 Å². The monoisotopic (exact) mass is 260 g/mol. The summed E-state index contributed by atoms with van der Waals surface area (Å²) in [5.41, 5.74) is 6.32. The molecule has 19 heavy (non-hydrogen) atoms. The van der Waals surface area contributed by atoms with E-state index >= 15 is 0 Å². The fraction of sp³-hybridized carbons (Fsp3) is 0.533. The zero-order valence-electron chi connectivity index (χ0n) is 11.9. The van der Waals surface area contributed by atoms with Crippen molar-refractivity contribution in [1.29, 1.82) is 0 Å². The van der Waals surface area contributed by atoms with Gasteiger partial charge in [0, 0.05) is 5.69 Å². The molecule has 4 heteroatoms. The lowest BCUT2D eigenvalue weighted by molar-refractivity contribution is 0.700. The van der Waals surface area contributed by atoms with E-state index in [-0.39, 0.29) is 0 Å². The molecule has 1 saturated carbocycles. The van der Waals surface area contributed by atoms with Crippen molar-refractivity contribution in [3.05, 3.63) is 29.3 Å². The van der Waals surface area contributed by atoms with Crippen LogP contribution in [0, 0.1) is 6.92 Å². The summed E-state index contributed by atoms with van der Waals surface area (Å²) in [6.07, 6.45) is 5.88. The summed E-state index contributed by atoms with van der Waals surface area (Å²) < 4.78 is 0. The van der Waals surface area contributed by atoms with E-state index in [9.17, 15) is 0 Å². The van der Waals surface area contributed by atoms with E-state index < -0.39 is 0 Å². The second kappa shape index (κ2) is 6.57. The van der Waals surface area contributed by atoms with Crippen molar-refractivity contribution in [2.45, 2.75) is 52.0 Å². The SMILES string of the molecule is CCc1cccc(C)c1NC(=NC1CCCC1)NN. The van der Waals surface area contributed by atoms with Crippen molar-refractivity contribution in [2.75, 3.05) is 5.32 Å². The maximum atomic E-state index is 5.60. The summed E-state index contributed by atoms with van der Waals surface area (Å²) in [4.78, 5) is 4.68. The van der Waals surface area contributed by atoms with Gasteiger partial charge in [0.15, 0.2) is 0 Å². The molecule has 0 aliphatic heterocycles. The van der Waals surface area contributed by atoms with Gasteiger partial charge in [0.1, 0.15) is 0 Å². The molecule has 0 amide bonds. The smallest absolute Gasteiger partial charge is 0.210 e. The largest absolute Gasteiger partial charge is 0.325 e. The summed E-state index contributed by atoms with van der Waals surface area (Å²) >= 11 is 0. The molecule has 0 aromatic heterocycles. The number of para-hydroxylation sites is 1. The van der Waals surface area contributed by atoms with Crippen molar-refractivity contribution in [3.8, 4) is 0 Å². The van der Waals surface area contributed by atoms with Gasteiger partial charge in [0.2, 0.25) is 5.96 Å². The maximum Gasteiger partial charge on any atom is 0.210 e. The molecule has 4 N–H and O–H groups in total. The molecule has 2 rings (SSSR count). The van der Waals surface area contributed by atoms with Gasteiger partial charge in [0.05, 0.1) is 6.04 Å². The van der Waals surface area contributed by atoms with Gasteiger partial charge in [0.25, 0.3) is 0 Å². The summed E-state index contributed by atoms with van der Waals surface area (Å²) in [6.45, 7) is 4.26. The molecule has 104 valence electrons. The Morgan fingerprint density at radius 2 is 2.11 bits per heavy atom. The van der Waals surface area contributed by atoms with Gasteiger partial charge < -0.3 is 5.32 Å². The van der Waals surface area contributed by atoms with Crippen LogP contribution in [0.5, 0.6) is 0 Å².